The summed E-state index contributed by atoms with van der Waals surface area (Å²) in [7, 11) is 0. The van der Waals surface area contributed by atoms with E-state index >= 15 is 0 Å². The maximum Gasteiger partial charge on any atom is 0.303 e. The third-order valence-electron chi connectivity index (χ3n) is 2.50. The van der Waals surface area contributed by atoms with E-state index in [0.717, 1.165) is 0 Å². The lowest BCUT2D eigenvalue weighted by molar-refractivity contribution is -0.137. The molecule has 2 rings (SSSR count). The highest BCUT2D eigenvalue weighted by molar-refractivity contribution is 5.92. The second-order valence-corrected chi connectivity index (χ2v) is 3.99. The van der Waals surface area contributed by atoms with Gasteiger partial charge in [0.25, 0.3) is 5.91 Å². The van der Waals surface area contributed by atoms with Gasteiger partial charge in [-0.3, -0.25) is 9.59 Å². The van der Waals surface area contributed by atoms with Gasteiger partial charge in [0, 0.05) is 25.4 Å². The van der Waals surface area contributed by atoms with Crippen molar-refractivity contribution in [3.63, 3.8) is 0 Å². The molecular weight excluding hydrogens is 253 g/mol. The number of rotatable bonds is 5. The van der Waals surface area contributed by atoms with Gasteiger partial charge in [-0.05, 0) is 18.6 Å². The smallest absolute Gasteiger partial charge is 0.303 e. The van der Waals surface area contributed by atoms with E-state index < -0.39 is 17.7 Å². The van der Waals surface area contributed by atoms with Gasteiger partial charge >= 0.3 is 5.97 Å². The lowest BCUT2D eigenvalue weighted by Crippen LogP contribution is -2.25. The van der Waals surface area contributed by atoms with Gasteiger partial charge in [0.15, 0.2) is 0 Å². The summed E-state index contributed by atoms with van der Waals surface area (Å²) < 4.78 is 14.4. The predicted octanol–water partition coefficient (Wildman–Crippen LogP) is 1.07. The highest BCUT2D eigenvalue weighted by atomic mass is 19.1. The van der Waals surface area contributed by atoms with Crippen molar-refractivity contribution in [3.8, 4) is 0 Å². The molecule has 0 aliphatic carbocycles. The third kappa shape index (κ3) is 3.27. The second-order valence-electron chi connectivity index (χ2n) is 3.99. The fourth-order valence-corrected chi connectivity index (χ4v) is 1.61. The molecule has 1 amide bonds. The van der Waals surface area contributed by atoms with Crippen LogP contribution >= 0.6 is 0 Å². The quantitative estimate of drug-likeness (QED) is 0.792. The molecule has 6 nitrogen and oxygen atoms in total. The van der Waals surface area contributed by atoms with E-state index in [1.54, 1.807) is 0 Å². The van der Waals surface area contributed by atoms with Crippen LogP contribution in [-0.4, -0.2) is 32.9 Å². The zero-order valence-corrected chi connectivity index (χ0v) is 9.97. The van der Waals surface area contributed by atoms with E-state index in [-0.39, 0.29) is 18.7 Å². The average Bonchev–Trinajstić information content (AvgIpc) is 2.77. The van der Waals surface area contributed by atoms with Crippen molar-refractivity contribution in [1.82, 2.24) is 14.7 Å². The highest BCUT2D eigenvalue weighted by Gasteiger charge is 2.10. The minimum absolute atomic E-state index is 0.00332. The molecule has 2 N–H and O–H groups in total. The van der Waals surface area contributed by atoms with Crippen molar-refractivity contribution in [2.75, 3.05) is 6.54 Å². The van der Waals surface area contributed by atoms with E-state index in [2.05, 4.69) is 10.3 Å². The Hall–Kier alpha value is -2.44. The van der Waals surface area contributed by atoms with Crippen molar-refractivity contribution >= 4 is 17.5 Å². The number of carboxylic acids is 1. The van der Waals surface area contributed by atoms with E-state index in [1.165, 1.54) is 28.9 Å². The summed E-state index contributed by atoms with van der Waals surface area (Å²) in [6.45, 7) is 0.257. The lowest BCUT2D eigenvalue weighted by Gasteiger charge is -2.00. The van der Waals surface area contributed by atoms with Gasteiger partial charge < -0.3 is 14.8 Å². The molecule has 0 aromatic carbocycles. The highest BCUT2D eigenvalue weighted by Crippen LogP contribution is 2.06. The first-order valence-electron chi connectivity index (χ1n) is 5.70. The normalized spacial score (nSPS) is 10.6. The van der Waals surface area contributed by atoms with Gasteiger partial charge in [-0.25, -0.2) is 9.37 Å². The van der Waals surface area contributed by atoms with Crippen LogP contribution in [0.25, 0.3) is 5.65 Å². The molecule has 0 spiro atoms. The number of fused-ring (bicyclic) bond motifs is 1. The predicted molar refractivity (Wildman–Crippen MR) is 64.4 cm³/mol. The Morgan fingerprint density at radius 3 is 2.89 bits per heavy atom. The van der Waals surface area contributed by atoms with Gasteiger partial charge in [0.1, 0.15) is 17.2 Å². The van der Waals surface area contributed by atoms with Crippen LogP contribution in [0.5, 0.6) is 0 Å². The minimum atomic E-state index is -0.905. The average molecular weight is 265 g/mol. The summed E-state index contributed by atoms with van der Waals surface area (Å²) in [5.41, 5.74) is 0.637. The maximum absolute atomic E-state index is 13.0. The number of hydrogen-bond donors (Lipinski definition) is 2. The minimum Gasteiger partial charge on any atom is -0.481 e. The number of carboxylic acid groups (broad SMARTS) is 1. The van der Waals surface area contributed by atoms with Crippen LogP contribution < -0.4 is 5.32 Å². The number of nitrogens with zero attached hydrogens (tertiary/aromatic N) is 2. The zero-order chi connectivity index (χ0) is 13.8. The van der Waals surface area contributed by atoms with E-state index in [0.29, 0.717) is 12.1 Å². The summed E-state index contributed by atoms with van der Waals surface area (Å²) in [5, 5.41) is 11.0. The van der Waals surface area contributed by atoms with Gasteiger partial charge in [-0.15, -0.1) is 0 Å². The molecule has 100 valence electrons. The van der Waals surface area contributed by atoms with E-state index in [4.69, 9.17) is 5.11 Å². The van der Waals surface area contributed by atoms with Gasteiger partial charge in [0.2, 0.25) is 0 Å². The third-order valence-corrected chi connectivity index (χ3v) is 2.50. The summed E-state index contributed by atoms with van der Waals surface area (Å²) in [6, 6.07) is 2.73. The first-order valence-corrected chi connectivity index (χ1v) is 5.70. The molecule has 0 aliphatic rings. The molecule has 2 aromatic heterocycles. The number of halogens is 1. The number of nitrogens with one attached hydrogen (secondary N) is 1. The summed E-state index contributed by atoms with van der Waals surface area (Å²) >= 11 is 0. The fourth-order valence-electron chi connectivity index (χ4n) is 1.61. The Morgan fingerprint density at radius 2 is 2.16 bits per heavy atom. The Kier molecular flexibility index (Phi) is 3.74. The number of hydrogen-bond acceptors (Lipinski definition) is 3. The largest absolute Gasteiger partial charge is 0.481 e. The summed E-state index contributed by atoms with van der Waals surface area (Å²) in [4.78, 5) is 26.1. The SMILES string of the molecule is O=C(O)CCCNC(=O)c1cn2cc(F)ccc2n1. The number of aliphatic carboxylic acids is 1. The Bertz CT molecular complexity index is 624. The summed E-state index contributed by atoms with van der Waals surface area (Å²) in [5.74, 6) is -1.73. The first kappa shape index (κ1) is 13.0. The summed E-state index contributed by atoms with van der Waals surface area (Å²) in [6.07, 6.45) is 2.99. The second kappa shape index (κ2) is 5.47. The number of aromatic nitrogens is 2. The fraction of sp³-hybridized carbons (Fsp3) is 0.250. The van der Waals surface area contributed by atoms with Crippen LogP contribution in [0.3, 0.4) is 0 Å². The van der Waals surface area contributed by atoms with Crippen LogP contribution in [0.15, 0.2) is 24.5 Å². The van der Waals surface area contributed by atoms with Crippen LogP contribution in [0.1, 0.15) is 23.3 Å². The number of amides is 1. The molecular formula is C12H12FN3O3. The molecule has 0 radical (unpaired) electrons. The molecule has 0 fully saturated rings. The van der Waals surface area contributed by atoms with Crippen molar-refractivity contribution in [1.29, 1.82) is 0 Å². The van der Waals surface area contributed by atoms with Gasteiger partial charge in [0.05, 0.1) is 0 Å². The maximum atomic E-state index is 13.0. The van der Waals surface area contributed by atoms with Crippen LogP contribution in [0.4, 0.5) is 4.39 Å². The van der Waals surface area contributed by atoms with E-state index in [9.17, 15) is 14.0 Å². The monoisotopic (exact) mass is 265 g/mol. The van der Waals surface area contributed by atoms with E-state index in [1.807, 2.05) is 0 Å². The molecule has 0 atom stereocenters. The number of carbonyl (C=O) groups excluding carboxylic acids is 1. The number of carbonyl (C=O) groups is 2. The molecule has 0 bridgehead atoms. The molecule has 0 saturated carbocycles. The molecule has 0 saturated heterocycles. The van der Waals surface area contributed by atoms with Crippen LogP contribution in [0, 0.1) is 5.82 Å². The molecule has 0 unspecified atom stereocenters. The zero-order valence-electron chi connectivity index (χ0n) is 9.97. The molecule has 0 aliphatic heterocycles. The number of imidazole rings is 1. The Morgan fingerprint density at radius 1 is 1.37 bits per heavy atom. The number of pyridine rings is 1. The van der Waals surface area contributed by atoms with Crippen molar-refractivity contribution in [2.45, 2.75) is 12.8 Å². The molecule has 19 heavy (non-hydrogen) atoms. The van der Waals surface area contributed by atoms with Gasteiger partial charge in [-0.1, -0.05) is 0 Å². The van der Waals surface area contributed by atoms with Crippen molar-refractivity contribution in [2.24, 2.45) is 0 Å². The first-order chi connectivity index (χ1) is 9.06. The molecule has 7 heteroatoms. The topological polar surface area (TPSA) is 83.7 Å². The molecule has 2 heterocycles. The van der Waals surface area contributed by atoms with Crippen LogP contribution in [0.2, 0.25) is 0 Å². The molecule has 2 aromatic rings. The lowest BCUT2D eigenvalue weighted by atomic mass is 10.3. The van der Waals surface area contributed by atoms with Gasteiger partial charge in [-0.2, -0.15) is 0 Å². The Balaban J connectivity index is 1.99. The van der Waals surface area contributed by atoms with Crippen molar-refractivity contribution < 1.29 is 19.1 Å². The van der Waals surface area contributed by atoms with Crippen LogP contribution in [-0.2, 0) is 4.79 Å². The Labute approximate surface area is 107 Å². The van der Waals surface area contributed by atoms with Crippen molar-refractivity contribution in [3.05, 3.63) is 36.0 Å². The standard InChI is InChI=1S/C12H12FN3O3/c13-8-3-4-10-15-9(7-16(10)6-8)12(19)14-5-1-2-11(17)18/h3-4,6-7H,1-2,5H2,(H,14,19)(H,17,18).